The molecule has 1 aromatic heterocycles. The number of nitrogens with zero attached hydrogens (tertiary/aromatic N) is 2. The Labute approximate surface area is 172 Å². The average molecular weight is 404 g/mol. The van der Waals surface area contributed by atoms with E-state index < -0.39 is 6.10 Å². The molecule has 3 N–H and O–H groups in total. The van der Waals surface area contributed by atoms with Crippen molar-refractivity contribution in [2.75, 3.05) is 11.9 Å². The zero-order valence-electron chi connectivity index (χ0n) is 17.6. The number of hydroxylamine groups is 1. The topological polar surface area (TPSA) is 97.3 Å². The lowest BCUT2D eigenvalue weighted by atomic mass is 9.91. The number of rotatable bonds is 9. The number of carbonyl (C=O) groups is 2. The second-order valence-corrected chi connectivity index (χ2v) is 9.83. The van der Waals surface area contributed by atoms with Gasteiger partial charge in [-0.2, -0.15) is 10.6 Å². The van der Waals surface area contributed by atoms with Gasteiger partial charge < -0.3 is 10.6 Å². The number of amides is 2. The average Bonchev–Trinajstić information content (AvgIpc) is 3.57. The summed E-state index contributed by atoms with van der Waals surface area (Å²) in [7, 11) is 0. The van der Waals surface area contributed by atoms with Crippen LogP contribution in [0.1, 0.15) is 52.9 Å². The van der Waals surface area contributed by atoms with Crippen LogP contribution >= 0.6 is 0 Å². The maximum absolute atomic E-state index is 13.2. The highest BCUT2D eigenvalue weighted by molar-refractivity contribution is 5.93. The molecule has 0 aromatic carbocycles. The number of hydrogen-bond donors (Lipinski definition) is 3. The van der Waals surface area contributed by atoms with E-state index in [9.17, 15) is 9.59 Å². The summed E-state index contributed by atoms with van der Waals surface area (Å²) in [6, 6.07) is 1.78. The minimum Gasteiger partial charge on any atom is -0.356 e. The molecule has 0 spiro atoms. The van der Waals surface area contributed by atoms with Crippen molar-refractivity contribution in [1.82, 2.24) is 20.6 Å². The molecule has 4 rings (SSSR count). The van der Waals surface area contributed by atoms with Gasteiger partial charge in [-0.1, -0.05) is 0 Å². The molecule has 1 aromatic rings. The fraction of sp³-hybridized carbons (Fsp3) is 0.762. The van der Waals surface area contributed by atoms with Gasteiger partial charge in [0.2, 0.25) is 5.91 Å². The van der Waals surface area contributed by atoms with E-state index in [0.29, 0.717) is 24.2 Å². The van der Waals surface area contributed by atoms with Gasteiger partial charge >= 0.3 is 0 Å². The van der Waals surface area contributed by atoms with Crippen molar-refractivity contribution in [1.29, 1.82) is 0 Å². The molecule has 2 atom stereocenters. The lowest BCUT2D eigenvalue weighted by Crippen LogP contribution is -2.47. The Balaban J connectivity index is 1.41. The maximum Gasteiger partial charge on any atom is 0.257 e. The fourth-order valence-electron chi connectivity index (χ4n) is 4.16. The van der Waals surface area contributed by atoms with Gasteiger partial charge in [-0.3, -0.25) is 19.1 Å². The summed E-state index contributed by atoms with van der Waals surface area (Å²) in [4.78, 5) is 30.9. The lowest BCUT2D eigenvalue weighted by molar-refractivity contribution is -0.145. The first-order chi connectivity index (χ1) is 13.8. The van der Waals surface area contributed by atoms with Crippen molar-refractivity contribution < 1.29 is 14.4 Å². The molecule has 29 heavy (non-hydrogen) atoms. The molecular formula is C21H33N5O3. The highest BCUT2D eigenvalue weighted by atomic mass is 16.7. The van der Waals surface area contributed by atoms with E-state index in [1.165, 1.54) is 25.7 Å². The zero-order valence-corrected chi connectivity index (χ0v) is 17.6. The van der Waals surface area contributed by atoms with Crippen LogP contribution in [0.25, 0.3) is 0 Å². The van der Waals surface area contributed by atoms with E-state index in [4.69, 9.17) is 4.84 Å². The van der Waals surface area contributed by atoms with Crippen LogP contribution in [0.3, 0.4) is 0 Å². The molecule has 1 saturated heterocycles. The first-order valence-corrected chi connectivity index (χ1v) is 10.8. The van der Waals surface area contributed by atoms with Crippen LogP contribution in [0.4, 0.5) is 5.82 Å². The fourth-order valence-corrected chi connectivity index (χ4v) is 4.16. The molecule has 0 bridgehead atoms. The predicted octanol–water partition coefficient (Wildman–Crippen LogP) is 2.08. The van der Waals surface area contributed by atoms with E-state index in [1.807, 2.05) is 27.0 Å². The second kappa shape index (κ2) is 8.07. The van der Waals surface area contributed by atoms with Crippen molar-refractivity contribution in [3.05, 3.63) is 12.3 Å². The van der Waals surface area contributed by atoms with Crippen molar-refractivity contribution in [3.63, 3.8) is 0 Å². The Morgan fingerprint density at radius 3 is 2.52 bits per heavy atom. The Bertz CT molecular complexity index is 736. The van der Waals surface area contributed by atoms with Crippen LogP contribution in [-0.4, -0.2) is 39.8 Å². The second-order valence-electron chi connectivity index (χ2n) is 9.83. The van der Waals surface area contributed by atoms with E-state index in [2.05, 4.69) is 21.2 Å². The first-order valence-electron chi connectivity index (χ1n) is 10.8. The van der Waals surface area contributed by atoms with Crippen LogP contribution in [0.5, 0.6) is 0 Å². The normalized spacial score (nSPS) is 23.3. The molecule has 2 aliphatic carbocycles. The highest BCUT2D eigenvalue weighted by Gasteiger charge is 2.49. The van der Waals surface area contributed by atoms with Gasteiger partial charge in [-0.15, -0.1) is 0 Å². The van der Waals surface area contributed by atoms with Crippen molar-refractivity contribution in [2.24, 2.45) is 23.7 Å². The van der Waals surface area contributed by atoms with E-state index in [-0.39, 0.29) is 29.2 Å². The Morgan fingerprint density at radius 1 is 1.28 bits per heavy atom. The van der Waals surface area contributed by atoms with E-state index in [1.54, 1.807) is 10.7 Å². The number of anilines is 1. The maximum atomic E-state index is 13.2. The Morgan fingerprint density at radius 2 is 1.97 bits per heavy atom. The summed E-state index contributed by atoms with van der Waals surface area (Å²) in [5.41, 5.74) is 2.83. The number of hydrogen-bond acceptors (Lipinski definition) is 5. The van der Waals surface area contributed by atoms with Gasteiger partial charge in [0.25, 0.3) is 5.91 Å². The minimum absolute atomic E-state index is 0.0559. The van der Waals surface area contributed by atoms with Gasteiger partial charge in [-0.05, 0) is 64.7 Å². The van der Waals surface area contributed by atoms with Gasteiger partial charge in [0.05, 0.1) is 12.5 Å². The quantitative estimate of drug-likeness (QED) is 0.549. The lowest BCUT2D eigenvalue weighted by Gasteiger charge is -2.30. The molecule has 2 saturated carbocycles. The molecule has 2 heterocycles. The van der Waals surface area contributed by atoms with Crippen molar-refractivity contribution in [3.8, 4) is 0 Å². The molecule has 1 aliphatic heterocycles. The van der Waals surface area contributed by atoms with Crippen LogP contribution in [0.15, 0.2) is 12.3 Å². The van der Waals surface area contributed by atoms with Gasteiger partial charge in [0.15, 0.2) is 11.9 Å². The predicted molar refractivity (Wildman–Crippen MR) is 109 cm³/mol. The summed E-state index contributed by atoms with van der Waals surface area (Å²) < 4.78 is 1.73. The Kier molecular flexibility index (Phi) is 5.66. The largest absolute Gasteiger partial charge is 0.356 e. The third kappa shape index (κ3) is 5.36. The first kappa shape index (κ1) is 20.3. The minimum atomic E-state index is -0.528. The molecule has 8 nitrogen and oxygen atoms in total. The molecule has 0 radical (unpaired) electrons. The number of carbonyl (C=O) groups excluding carboxylic acids is 2. The summed E-state index contributed by atoms with van der Waals surface area (Å²) in [5.74, 6) is 1.80. The zero-order chi connectivity index (χ0) is 20.6. The molecule has 160 valence electrons. The SMILES string of the molecule is CC(C)(C)NOC(C(=O)Nc1ccn(CC2CCNC2=O)n1)C(C1CC1)C1CC1. The molecule has 2 unspecified atom stereocenters. The monoisotopic (exact) mass is 403 g/mol. The van der Waals surface area contributed by atoms with Crippen LogP contribution in [0, 0.1) is 23.7 Å². The summed E-state index contributed by atoms with van der Waals surface area (Å²) in [6.07, 6.45) is 6.83. The summed E-state index contributed by atoms with van der Waals surface area (Å²) in [6.45, 7) is 7.31. The van der Waals surface area contributed by atoms with Gasteiger partial charge in [-0.25, -0.2) is 0 Å². The van der Waals surface area contributed by atoms with Gasteiger partial charge in [0, 0.05) is 30.3 Å². The highest BCUT2D eigenvalue weighted by Crippen LogP contribution is 2.51. The van der Waals surface area contributed by atoms with Crippen LogP contribution in [-0.2, 0) is 21.0 Å². The molecule has 3 fully saturated rings. The smallest absolute Gasteiger partial charge is 0.257 e. The number of nitrogens with one attached hydrogen (secondary N) is 3. The number of aromatic nitrogens is 2. The Hall–Kier alpha value is -1.93. The molecule has 3 aliphatic rings. The summed E-state index contributed by atoms with van der Waals surface area (Å²) in [5, 5.41) is 10.2. The van der Waals surface area contributed by atoms with Crippen molar-refractivity contribution in [2.45, 2.75) is 71.1 Å². The van der Waals surface area contributed by atoms with Crippen LogP contribution < -0.4 is 16.1 Å². The van der Waals surface area contributed by atoms with E-state index >= 15 is 0 Å². The van der Waals surface area contributed by atoms with Crippen molar-refractivity contribution >= 4 is 17.6 Å². The standard InChI is InChI=1S/C21H33N5O3/c1-21(2,3)25-29-18(17(13-4-5-13)14-6-7-14)20(28)23-16-9-11-26(24-16)12-15-8-10-22-19(15)27/h9,11,13-15,17-18,25H,4-8,10,12H2,1-3H3,(H,22,27)(H,23,24,28). The van der Waals surface area contributed by atoms with Gasteiger partial charge in [0.1, 0.15) is 0 Å². The third-order valence-corrected chi connectivity index (χ3v) is 5.89. The third-order valence-electron chi connectivity index (χ3n) is 5.89. The van der Waals surface area contributed by atoms with Crippen LogP contribution in [0.2, 0.25) is 0 Å². The summed E-state index contributed by atoms with van der Waals surface area (Å²) >= 11 is 0. The van der Waals surface area contributed by atoms with E-state index in [0.717, 1.165) is 13.0 Å². The molecule has 2 amide bonds. The molecular weight excluding hydrogens is 370 g/mol. The molecule has 8 heteroatoms.